The van der Waals surface area contributed by atoms with E-state index in [1.807, 2.05) is 44.2 Å². The molecule has 0 spiro atoms. The number of sulfonamides is 1. The Morgan fingerprint density at radius 3 is 2.09 bits per heavy atom. The molecule has 11 nitrogen and oxygen atoms in total. The summed E-state index contributed by atoms with van der Waals surface area (Å²) in [7, 11) is -2.81. The number of carbonyl (C=O) groups excluding carboxylic acids is 2. The molecule has 0 bridgehead atoms. The second kappa shape index (κ2) is 15.9. The van der Waals surface area contributed by atoms with E-state index in [1.165, 1.54) is 48.4 Å². The number of hydrogen-bond acceptors (Lipinski definition) is 7. The number of ether oxygens (including phenoxy) is 1. The van der Waals surface area contributed by atoms with E-state index in [4.69, 9.17) is 4.74 Å². The minimum Gasteiger partial charge on any atom is -0.497 e. The topological polar surface area (TPSA) is 139 Å². The van der Waals surface area contributed by atoms with E-state index in [2.05, 4.69) is 5.32 Å². The van der Waals surface area contributed by atoms with E-state index in [-0.39, 0.29) is 41.1 Å². The smallest absolute Gasteiger partial charge is 0.269 e. The number of methoxy groups -OCH3 is 1. The monoisotopic (exact) mass is 658 g/mol. The van der Waals surface area contributed by atoms with Gasteiger partial charge < -0.3 is 15.0 Å². The van der Waals surface area contributed by atoms with Crippen LogP contribution in [0.15, 0.2) is 114 Å². The quantitative estimate of drug-likeness (QED) is 0.137. The Labute approximate surface area is 275 Å². The van der Waals surface area contributed by atoms with Crippen LogP contribution in [0.2, 0.25) is 0 Å². The van der Waals surface area contributed by atoms with Crippen molar-refractivity contribution in [3.8, 4) is 5.75 Å². The Balaban J connectivity index is 1.81. The Morgan fingerprint density at radius 1 is 0.872 bits per heavy atom. The maximum absolute atomic E-state index is 14.5. The van der Waals surface area contributed by atoms with E-state index in [9.17, 15) is 28.1 Å². The van der Waals surface area contributed by atoms with Gasteiger partial charge in [0, 0.05) is 31.6 Å². The number of nitrogens with one attached hydrogen (secondary N) is 1. The molecule has 246 valence electrons. The van der Waals surface area contributed by atoms with Gasteiger partial charge in [0.15, 0.2) is 0 Å². The van der Waals surface area contributed by atoms with Gasteiger partial charge in [0.25, 0.3) is 15.7 Å². The summed E-state index contributed by atoms with van der Waals surface area (Å²) in [4.78, 5) is 40.4. The number of nitro groups is 1. The predicted molar refractivity (Wildman–Crippen MR) is 179 cm³/mol. The summed E-state index contributed by atoms with van der Waals surface area (Å²) in [5.74, 6) is -0.330. The van der Waals surface area contributed by atoms with Crippen molar-refractivity contribution in [2.24, 2.45) is 5.92 Å². The van der Waals surface area contributed by atoms with Crippen LogP contribution in [-0.4, -0.2) is 56.3 Å². The summed E-state index contributed by atoms with van der Waals surface area (Å²) in [5, 5.41) is 14.3. The van der Waals surface area contributed by atoms with Gasteiger partial charge in [-0.25, -0.2) is 8.42 Å². The van der Waals surface area contributed by atoms with E-state index in [1.54, 1.807) is 42.5 Å². The lowest BCUT2D eigenvalue weighted by atomic mass is 10.0. The van der Waals surface area contributed by atoms with E-state index >= 15 is 0 Å². The van der Waals surface area contributed by atoms with Crippen LogP contribution in [0.3, 0.4) is 0 Å². The standard InChI is InChI=1S/C35H38N4O7S/c1-26(2)23-36-35(41)33(22-27-11-6-4-7-12-27)37(24-28-13-10-14-31(21-28)46-3)34(40)25-38(29-17-19-30(20-18-29)39(42)43)47(44,45)32-15-8-5-9-16-32/h4-21,26,33H,22-25H2,1-3H3,(H,36,41). The van der Waals surface area contributed by atoms with Crippen LogP contribution in [0.1, 0.15) is 25.0 Å². The van der Waals surface area contributed by atoms with Crippen LogP contribution in [0.4, 0.5) is 11.4 Å². The molecule has 12 heteroatoms. The van der Waals surface area contributed by atoms with Crippen molar-refractivity contribution in [1.29, 1.82) is 0 Å². The molecule has 1 unspecified atom stereocenters. The van der Waals surface area contributed by atoms with Crippen molar-refractivity contribution in [3.05, 3.63) is 130 Å². The first kappa shape index (κ1) is 34.6. The zero-order valence-electron chi connectivity index (χ0n) is 26.5. The average Bonchev–Trinajstić information content (AvgIpc) is 3.08. The summed E-state index contributed by atoms with van der Waals surface area (Å²) < 4.78 is 34.4. The van der Waals surface area contributed by atoms with Gasteiger partial charge >= 0.3 is 0 Å². The molecule has 47 heavy (non-hydrogen) atoms. The number of benzene rings is 4. The molecule has 0 aliphatic heterocycles. The normalized spacial score (nSPS) is 11.8. The zero-order valence-corrected chi connectivity index (χ0v) is 27.3. The lowest BCUT2D eigenvalue weighted by Crippen LogP contribution is -2.53. The minimum atomic E-state index is -4.33. The summed E-state index contributed by atoms with van der Waals surface area (Å²) >= 11 is 0. The Bertz CT molecular complexity index is 1770. The molecular weight excluding hydrogens is 620 g/mol. The molecule has 2 amide bonds. The van der Waals surface area contributed by atoms with Crippen molar-refractivity contribution in [3.63, 3.8) is 0 Å². The summed E-state index contributed by atoms with van der Waals surface area (Å²) in [6.07, 6.45) is 0.170. The van der Waals surface area contributed by atoms with Crippen LogP contribution in [-0.2, 0) is 32.6 Å². The summed E-state index contributed by atoms with van der Waals surface area (Å²) in [6.45, 7) is 3.59. The second-order valence-corrected chi connectivity index (χ2v) is 13.2. The summed E-state index contributed by atoms with van der Waals surface area (Å²) in [5.41, 5.74) is 1.30. The highest BCUT2D eigenvalue weighted by Crippen LogP contribution is 2.27. The Hall–Kier alpha value is -5.23. The van der Waals surface area contributed by atoms with Crippen LogP contribution in [0.5, 0.6) is 5.75 Å². The maximum atomic E-state index is 14.5. The van der Waals surface area contributed by atoms with Crippen molar-refractivity contribution >= 4 is 33.2 Å². The highest BCUT2D eigenvalue weighted by Gasteiger charge is 2.35. The fourth-order valence-electron chi connectivity index (χ4n) is 4.93. The lowest BCUT2D eigenvalue weighted by Gasteiger charge is -2.34. The molecule has 4 aromatic rings. The Morgan fingerprint density at radius 2 is 1.49 bits per heavy atom. The second-order valence-electron chi connectivity index (χ2n) is 11.3. The molecule has 0 saturated carbocycles. The molecule has 0 aromatic heterocycles. The summed E-state index contributed by atoms with van der Waals surface area (Å²) in [6, 6.07) is 27.9. The third-order valence-electron chi connectivity index (χ3n) is 7.40. The van der Waals surface area contributed by atoms with Gasteiger partial charge in [-0.3, -0.25) is 24.0 Å². The van der Waals surface area contributed by atoms with Gasteiger partial charge in [0.2, 0.25) is 11.8 Å². The van der Waals surface area contributed by atoms with Gasteiger partial charge in [-0.2, -0.15) is 0 Å². The number of nitrogens with zero attached hydrogens (tertiary/aromatic N) is 3. The third-order valence-corrected chi connectivity index (χ3v) is 9.19. The van der Waals surface area contributed by atoms with Crippen molar-refractivity contribution < 1.29 is 27.7 Å². The SMILES string of the molecule is COc1cccc(CN(C(=O)CN(c2ccc([N+](=O)[O-])cc2)S(=O)(=O)c2ccccc2)C(Cc2ccccc2)C(=O)NCC(C)C)c1. The predicted octanol–water partition coefficient (Wildman–Crippen LogP) is 5.21. The Kier molecular flexibility index (Phi) is 11.7. The van der Waals surface area contributed by atoms with E-state index in [0.29, 0.717) is 17.9 Å². The zero-order chi connectivity index (χ0) is 34.0. The molecule has 1 N–H and O–H groups in total. The van der Waals surface area contributed by atoms with E-state index in [0.717, 1.165) is 9.87 Å². The van der Waals surface area contributed by atoms with Crippen LogP contribution < -0.4 is 14.4 Å². The van der Waals surface area contributed by atoms with Crippen LogP contribution >= 0.6 is 0 Å². The minimum absolute atomic E-state index is 0.0257. The van der Waals surface area contributed by atoms with Gasteiger partial charge in [-0.05, 0) is 53.4 Å². The van der Waals surface area contributed by atoms with Gasteiger partial charge in [0.05, 0.1) is 22.6 Å². The molecule has 1 atom stereocenters. The van der Waals surface area contributed by atoms with Crippen molar-refractivity contribution in [2.45, 2.75) is 37.8 Å². The molecule has 4 rings (SSSR count). The van der Waals surface area contributed by atoms with E-state index < -0.39 is 33.4 Å². The molecule has 0 aliphatic carbocycles. The molecule has 0 radical (unpaired) electrons. The van der Waals surface area contributed by atoms with Crippen molar-refractivity contribution in [1.82, 2.24) is 10.2 Å². The first-order valence-electron chi connectivity index (χ1n) is 15.1. The fourth-order valence-corrected chi connectivity index (χ4v) is 6.37. The highest BCUT2D eigenvalue weighted by atomic mass is 32.2. The number of nitro benzene ring substituents is 1. The number of non-ortho nitro benzene ring substituents is 1. The van der Waals surface area contributed by atoms with Crippen molar-refractivity contribution in [2.75, 3.05) is 24.5 Å². The molecular formula is C35H38N4O7S. The third kappa shape index (κ3) is 9.17. The molecule has 0 fully saturated rings. The number of carbonyl (C=O) groups is 2. The molecule has 0 heterocycles. The molecule has 4 aromatic carbocycles. The van der Waals surface area contributed by atoms with Gasteiger partial charge in [0.1, 0.15) is 18.3 Å². The lowest BCUT2D eigenvalue weighted by molar-refractivity contribution is -0.384. The first-order chi connectivity index (χ1) is 22.5. The number of hydrogen-bond donors (Lipinski definition) is 1. The average molecular weight is 659 g/mol. The van der Waals surface area contributed by atoms with Crippen LogP contribution in [0, 0.1) is 16.0 Å². The number of anilines is 1. The van der Waals surface area contributed by atoms with Crippen LogP contribution in [0.25, 0.3) is 0 Å². The molecule has 0 aliphatic rings. The van der Waals surface area contributed by atoms with Gasteiger partial charge in [-0.1, -0.05) is 74.5 Å². The molecule has 0 saturated heterocycles. The first-order valence-corrected chi connectivity index (χ1v) is 16.5. The fraction of sp³-hybridized carbons (Fsp3) is 0.257. The largest absolute Gasteiger partial charge is 0.497 e. The number of rotatable bonds is 15. The van der Waals surface area contributed by atoms with Gasteiger partial charge in [-0.15, -0.1) is 0 Å². The maximum Gasteiger partial charge on any atom is 0.269 e. The highest BCUT2D eigenvalue weighted by molar-refractivity contribution is 7.92. The number of amides is 2.